The molecule has 0 saturated carbocycles. The average molecular weight is 222 g/mol. The molecule has 7 N–H and O–H groups in total. The smallest absolute Gasteiger partial charge is 0.222 e. The van der Waals surface area contributed by atoms with Crippen molar-refractivity contribution in [1.82, 2.24) is 15.3 Å². The molecule has 1 aliphatic heterocycles. The van der Waals surface area contributed by atoms with Gasteiger partial charge < -0.3 is 21.7 Å². The molecule has 0 amide bonds. The van der Waals surface area contributed by atoms with Gasteiger partial charge in [0.05, 0.1) is 0 Å². The van der Waals surface area contributed by atoms with Crippen molar-refractivity contribution in [1.29, 1.82) is 0 Å². The number of nitrogens with two attached hydrogens (primary N) is 3. The van der Waals surface area contributed by atoms with E-state index in [0.717, 1.165) is 0 Å². The highest BCUT2D eigenvalue weighted by Crippen LogP contribution is 2.28. The summed E-state index contributed by atoms with van der Waals surface area (Å²) in [7, 11) is 3.43. The third-order valence-corrected chi connectivity index (χ3v) is 2.43. The molecule has 1 aliphatic rings. The summed E-state index contributed by atoms with van der Waals surface area (Å²) in [5.74, 6) is 0.965. The number of nitrogens with one attached hydrogen (secondary N) is 1. The molecule has 0 spiro atoms. The molecular weight excluding hydrogens is 208 g/mol. The van der Waals surface area contributed by atoms with Crippen molar-refractivity contribution in [3.8, 4) is 0 Å². The number of nitrogens with zero attached hydrogens (tertiary/aromatic N) is 4. The average Bonchev–Trinajstić information content (AvgIpc) is 2.22. The molecule has 2 rings (SSSR count). The molecule has 1 aromatic heterocycles. The normalized spacial score (nSPS) is 21.8. The largest absolute Gasteiger partial charge is 0.382 e. The van der Waals surface area contributed by atoms with Crippen LogP contribution in [0, 0.1) is 0 Å². The van der Waals surface area contributed by atoms with Crippen molar-refractivity contribution >= 4 is 23.3 Å². The summed E-state index contributed by atoms with van der Waals surface area (Å²) < 4.78 is 0. The predicted molar refractivity (Wildman–Crippen MR) is 62.8 cm³/mol. The van der Waals surface area contributed by atoms with Gasteiger partial charge in [0.1, 0.15) is 11.4 Å². The second-order valence-corrected chi connectivity index (χ2v) is 3.44. The topological polar surface area (TPSA) is 131 Å². The van der Waals surface area contributed by atoms with E-state index in [4.69, 9.17) is 17.2 Å². The fraction of sp³-hybridized carbons (Fsp3) is 0.375. The molecule has 0 fully saturated rings. The fourth-order valence-corrected chi connectivity index (χ4v) is 1.62. The van der Waals surface area contributed by atoms with Crippen LogP contribution in [0.1, 0.15) is 5.69 Å². The van der Waals surface area contributed by atoms with E-state index in [9.17, 15) is 0 Å². The van der Waals surface area contributed by atoms with Crippen molar-refractivity contribution in [2.24, 2.45) is 10.7 Å². The molecule has 0 radical (unpaired) electrons. The molecular formula is C8H14N8. The quantitative estimate of drug-likeness (QED) is 0.411. The first kappa shape index (κ1) is 10.4. The van der Waals surface area contributed by atoms with Gasteiger partial charge in [-0.3, -0.25) is 10.7 Å². The van der Waals surface area contributed by atoms with Crippen LogP contribution in [-0.4, -0.2) is 36.2 Å². The lowest BCUT2D eigenvalue weighted by atomic mass is 10.2. The number of nitrogen functional groups attached to an aromatic ring is 2. The molecule has 1 atom stereocenters. The standard InChI is InChI=1S/C8H14N8/c1-12-6-3-4(16(2)8(11)15-6)5(9)14-7(10)13-3/h8H,11H2,1-2H3,(H,12,15)(H4,9,10,13,14). The summed E-state index contributed by atoms with van der Waals surface area (Å²) in [4.78, 5) is 13.8. The van der Waals surface area contributed by atoms with E-state index in [1.165, 1.54) is 0 Å². The Morgan fingerprint density at radius 3 is 2.69 bits per heavy atom. The first-order valence-electron chi connectivity index (χ1n) is 4.69. The van der Waals surface area contributed by atoms with Crippen LogP contribution in [-0.2, 0) is 0 Å². The molecule has 86 valence electrons. The van der Waals surface area contributed by atoms with E-state index >= 15 is 0 Å². The summed E-state index contributed by atoms with van der Waals surface area (Å²) in [5, 5.41) is 2.98. The van der Waals surface area contributed by atoms with Crippen molar-refractivity contribution in [2.75, 3.05) is 30.5 Å². The van der Waals surface area contributed by atoms with Crippen LogP contribution in [0.2, 0.25) is 0 Å². The van der Waals surface area contributed by atoms with Crippen LogP contribution < -0.4 is 27.4 Å². The van der Waals surface area contributed by atoms with E-state index in [-0.39, 0.29) is 5.95 Å². The molecule has 1 unspecified atom stereocenters. The van der Waals surface area contributed by atoms with Gasteiger partial charge in [-0.05, 0) is 0 Å². The maximum Gasteiger partial charge on any atom is 0.222 e. The van der Waals surface area contributed by atoms with Gasteiger partial charge in [-0.1, -0.05) is 0 Å². The number of aliphatic imine (C=N–C) groups is 1. The number of aromatic nitrogens is 2. The molecule has 8 heteroatoms. The highest BCUT2D eigenvalue weighted by Gasteiger charge is 2.28. The maximum atomic E-state index is 5.86. The summed E-state index contributed by atoms with van der Waals surface area (Å²) in [5.41, 5.74) is 18.4. The monoisotopic (exact) mass is 222 g/mol. The van der Waals surface area contributed by atoms with Crippen LogP contribution in [0.3, 0.4) is 0 Å². The van der Waals surface area contributed by atoms with Gasteiger partial charge in [0.25, 0.3) is 0 Å². The minimum atomic E-state index is -0.416. The summed E-state index contributed by atoms with van der Waals surface area (Å²) in [6.45, 7) is 0. The zero-order chi connectivity index (χ0) is 11.9. The van der Waals surface area contributed by atoms with Gasteiger partial charge in [0.2, 0.25) is 5.95 Å². The van der Waals surface area contributed by atoms with Crippen molar-refractivity contribution < 1.29 is 0 Å². The Kier molecular flexibility index (Phi) is 2.27. The molecule has 1 aromatic rings. The fourth-order valence-electron chi connectivity index (χ4n) is 1.62. The van der Waals surface area contributed by atoms with Gasteiger partial charge in [-0.2, -0.15) is 4.98 Å². The lowest BCUT2D eigenvalue weighted by Crippen LogP contribution is -2.57. The zero-order valence-electron chi connectivity index (χ0n) is 9.10. The third-order valence-electron chi connectivity index (χ3n) is 2.43. The third kappa shape index (κ3) is 1.39. The van der Waals surface area contributed by atoms with Crippen molar-refractivity contribution in [2.45, 2.75) is 6.29 Å². The summed E-state index contributed by atoms with van der Waals surface area (Å²) in [6.07, 6.45) is -0.416. The molecule has 0 saturated heterocycles. The van der Waals surface area contributed by atoms with Crippen LogP contribution in [0.15, 0.2) is 4.99 Å². The SMILES string of the molecule is CN=C1NC(N)N(C)c2c(N)nc(N)nc21. The van der Waals surface area contributed by atoms with Gasteiger partial charge in [-0.15, -0.1) is 0 Å². The Bertz CT molecular complexity index is 454. The molecule has 16 heavy (non-hydrogen) atoms. The van der Waals surface area contributed by atoms with E-state index in [1.54, 1.807) is 19.0 Å². The Hall–Kier alpha value is -2.09. The minimum Gasteiger partial charge on any atom is -0.382 e. The number of rotatable bonds is 0. The number of hydrogen-bond donors (Lipinski definition) is 4. The number of hydrogen-bond acceptors (Lipinski definition) is 7. The Morgan fingerprint density at radius 2 is 2.06 bits per heavy atom. The number of fused-ring (bicyclic) bond motifs is 1. The second-order valence-electron chi connectivity index (χ2n) is 3.44. The highest BCUT2D eigenvalue weighted by molar-refractivity contribution is 6.05. The molecule has 0 aromatic carbocycles. The van der Waals surface area contributed by atoms with E-state index in [1.807, 2.05) is 0 Å². The first-order valence-corrected chi connectivity index (χ1v) is 4.69. The van der Waals surface area contributed by atoms with Crippen molar-refractivity contribution in [3.63, 3.8) is 0 Å². The van der Waals surface area contributed by atoms with Gasteiger partial charge >= 0.3 is 0 Å². The molecule has 0 aliphatic carbocycles. The zero-order valence-corrected chi connectivity index (χ0v) is 9.10. The maximum absolute atomic E-state index is 5.86. The summed E-state index contributed by atoms with van der Waals surface area (Å²) >= 11 is 0. The van der Waals surface area contributed by atoms with Gasteiger partial charge in [-0.25, -0.2) is 4.98 Å². The van der Waals surface area contributed by atoms with Crippen LogP contribution in [0.5, 0.6) is 0 Å². The molecule has 0 bridgehead atoms. The lowest BCUT2D eigenvalue weighted by molar-refractivity contribution is 0.604. The number of amidine groups is 1. The van der Waals surface area contributed by atoms with E-state index < -0.39 is 6.29 Å². The van der Waals surface area contributed by atoms with Crippen molar-refractivity contribution in [3.05, 3.63) is 5.69 Å². The Balaban J connectivity index is 2.68. The number of anilines is 3. The predicted octanol–water partition coefficient (Wildman–Crippen LogP) is -1.70. The lowest BCUT2D eigenvalue weighted by Gasteiger charge is -2.34. The molecule has 2 heterocycles. The van der Waals surface area contributed by atoms with Crippen LogP contribution in [0.25, 0.3) is 0 Å². The Labute approximate surface area is 92.5 Å². The molecule has 8 nitrogen and oxygen atoms in total. The van der Waals surface area contributed by atoms with Crippen LogP contribution in [0.4, 0.5) is 17.5 Å². The van der Waals surface area contributed by atoms with E-state index in [2.05, 4.69) is 20.3 Å². The van der Waals surface area contributed by atoms with Crippen LogP contribution >= 0.6 is 0 Å². The summed E-state index contributed by atoms with van der Waals surface area (Å²) in [6, 6.07) is 0. The highest BCUT2D eigenvalue weighted by atomic mass is 15.4. The van der Waals surface area contributed by atoms with Gasteiger partial charge in [0.15, 0.2) is 17.9 Å². The first-order chi connectivity index (χ1) is 7.54. The van der Waals surface area contributed by atoms with Gasteiger partial charge in [0, 0.05) is 14.1 Å². The van der Waals surface area contributed by atoms with E-state index in [0.29, 0.717) is 23.0 Å². The minimum absolute atomic E-state index is 0.114. The second kappa shape index (κ2) is 3.49. The Morgan fingerprint density at radius 1 is 1.38 bits per heavy atom.